The monoisotopic (exact) mass is 627 g/mol. The highest BCUT2D eigenvalue weighted by molar-refractivity contribution is 6.28. The average Bonchev–Trinajstić information content (AvgIpc) is 3.16. The molecule has 0 aliphatic carbocycles. The molecule has 9 aromatic rings. The number of aryl methyl sites for hydroxylation is 1. The Balaban J connectivity index is 1.46. The number of hydrogen-bond donors (Lipinski definition) is 0. The first-order chi connectivity index (χ1) is 24.1. The number of fused-ring (bicyclic) bond motifs is 5. The Labute approximate surface area is 287 Å². The maximum Gasteiger partial charge on any atom is 0.0619 e. The van der Waals surface area contributed by atoms with Gasteiger partial charge in [-0.1, -0.05) is 159 Å². The van der Waals surface area contributed by atoms with Crippen LogP contribution in [0.5, 0.6) is 0 Å². The van der Waals surface area contributed by atoms with E-state index in [1.807, 2.05) is 0 Å². The number of benzene rings is 9. The van der Waals surface area contributed by atoms with Crippen molar-refractivity contribution < 1.29 is 0 Å². The van der Waals surface area contributed by atoms with Gasteiger partial charge in [0.15, 0.2) is 0 Å². The Morgan fingerprint density at radius 1 is 0.388 bits per heavy atom. The minimum Gasteiger partial charge on any atom is -0.309 e. The summed E-state index contributed by atoms with van der Waals surface area (Å²) in [5, 5.41) is 12.6. The van der Waals surface area contributed by atoms with Crippen LogP contribution in [0.4, 0.5) is 17.1 Å². The minimum absolute atomic E-state index is 0.458. The van der Waals surface area contributed by atoms with E-state index in [-0.39, 0.29) is 0 Å². The van der Waals surface area contributed by atoms with Gasteiger partial charge in [-0.2, -0.15) is 0 Å². The minimum atomic E-state index is 0.458. The van der Waals surface area contributed by atoms with Crippen molar-refractivity contribution in [3.8, 4) is 11.1 Å². The Hall–Kier alpha value is -5.92. The van der Waals surface area contributed by atoms with Crippen LogP contribution < -0.4 is 4.90 Å². The van der Waals surface area contributed by atoms with Crippen LogP contribution >= 0.6 is 0 Å². The summed E-state index contributed by atoms with van der Waals surface area (Å²) >= 11 is 0. The molecule has 0 aliphatic rings. The van der Waals surface area contributed by atoms with E-state index in [0.29, 0.717) is 5.92 Å². The van der Waals surface area contributed by atoms with E-state index in [0.717, 1.165) is 5.69 Å². The van der Waals surface area contributed by atoms with Gasteiger partial charge in [-0.15, -0.1) is 0 Å². The van der Waals surface area contributed by atoms with E-state index < -0.39 is 0 Å². The number of nitrogens with zero attached hydrogens (tertiary/aromatic N) is 1. The van der Waals surface area contributed by atoms with Crippen LogP contribution in [0.3, 0.4) is 0 Å². The molecule has 0 N–H and O–H groups in total. The fraction of sp³-hybridized carbons (Fsp3) is 0.0833. The standard InChI is InChI=1S/C48H37N/c1-31(2)33-27-29-35(30-28-33)49(45-26-14-16-34-15-4-5-19-38(34)45)48-43-24-12-10-22-41(43)47(42-23-11-13-25-44(42)48)46-39-20-8-6-17-36(39)32(3)37-18-7-9-21-40(37)46/h4-31H,1-3H3. The summed E-state index contributed by atoms with van der Waals surface area (Å²) in [5.41, 5.74) is 8.77. The normalized spacial score (nSPS) is 11.8. The predicted molar refractivity (Wildman–Crippen MR) is 213 cm³/mol. The van der Waals surface area contributed by atoms with Gasteiger partial charge in [0.05, 0.1) is 11.4 Å². The van der Waals surface area contributed by atoms with Crippen LogP contribution in [0.25, 0.3) is 65.0 Å². The zero-order chi connectivity index (χ0) is 33.1. The van der Waals surface area contributed by atoms with Crippen molar-refractivity contribution >= 4 is 70.9 Å². The van der Waals surface area contributed by atoms with Crippen LogP contribution in [-0.4, -0.2) is 0 Å². The summed E-state index contributed by atoms with van der Waals surface area (Å²) in [6.07, 6.45) is 0. The van der Waals surface area contributed by atoms with Gasteiger partial charge < -0.3 is 4.90 Å². The smallest absolute Gasteiger partial charge is 0.0619 e. The molecule has 234 valence electrons. The van der Waals surface area contributed by atoms with E-state index in [1.165, 1.54) is 87.5 Å². The molecule has 0 unspecified atom stereocenters. The first-order valence-electron chi connectivity index (χ1n) is 17.3. The molecule has 0 saturated carbocycles. The quantitative estimate of drug-likeness (QED) is 0.172. The molecular formula is C48H37N. The van der Waals surface area contributed by atoms with Crippen molar-refractivity contribution in [1.29, 1.82) is 0 Å². The molecule has 1 heteroatoms. The molecule has 0 fully saturated rings. The Morgan fingerprint density at radius 2 is 0.796 bits per heavy atom. The van der Waals surface area contributed by atoms with E-state index in [4.69, 9.17) is 0 Å². The van der Waals surface area contributed by atoms with E-state index in [9.17, 15) is 0 Å². The molecule has 0 aliphatic heterocycles. The first-order valence-corrected chi connectivity index (χ1v) is 17.3. The summed E-state index contributed by atoms with van der Waals surface area (Å²) in [5.74, 6) is 0.458. The van der Waals surface area contributed by atoms with Gasteiger partial charge >= 0.3 is 0 Å². The van der Waals surface area contributed by atoms with E-state index in [1.54, 1.807) is 0 Å². The first kappa shape index (κ1) is 29.2. The SMILES string of the molecule is Cc1c2ccccc2c(-c2c3ccccc3c(N(c3ccc(C(C)C)cc3)c3cccc4ccccc34)c3ccccc23)c2ccccc12. The van der Waals surface area contributed by atoms with Crippen molar-refractivity contribution in [2.75, 3.05) is 4.90 Å². The van der Waals surface area contributed by atoms with Gasteiger partial charge in [0, 0.05) is 21.8 Å². The van der Waals surface area contributed by atoms with Gasteiger partial charge in [-0.05, 0) is 91.0 Å². The Kier molecular flexibility index (Phi) is 6.95. The third-order valence-corrected chi connectivity index (χ3v) is 10.4. The average molecular weight is 628 g/mol. The summed E-state index contributed by atoms with van der Waals surface area (Å²) in [6, 6.07) is 60.6. The molecular weight excluding hydrogens is 591 g/mol. The zero-order valence-corrected chi connectivity index (χ0v) is 28.1. The molecule has 9 rings (SSSR count). The molecule has 49 heavy (non-hydrogen) atoms. The van der Waals surface area contributed by atoms with Crippen molar-refractivity contribution in [2.24, 2.45) is 0 Å². The van der Waals surface area contributed by atoms with Crippen molar-refractivity contribution in [3.05, 3.63) is 175 Å². The molecule has 0 amide bonds. The highest BCUT2D eigenvalue weighted by Gasteiger charge is 2.25. The van der Waals surface area contributed by atoms with Gasteiger partial charge in [-0.25, -0.2) is 0 Å². The third-order valence-electron chi connectivity index (χ3n) is 10.4. The van der Waals surface area contributed by atoms with E-state index >= 15 is 0 Å². The molecule has 0 spiro atoms. The second-order valence-electron chi connectivity index (χ2n) is 13.5. The maximum atomic E-state index is 2.51. The van der Waals surface area contributed by atoms with Gasteiger partial charge in [0.1, 0.15) is 0 Å². The fourth-order valence-electron chi connectivity index (χ4n) is 8.03. The topological polar surface area (TPSA) is 3.24 Å². The van der Waals surface area contributed by atoms with Gasteiger partial charge in [0.25, 0.3) is 0 Å². The lowest BCUT2D eigenvalue weighted by Gasteiger charge is -2.31. The van der Waals surface area contributed by atoms with E-state index in [2.05, 4.69) is 189 Å². The van der Waals surface area contributed by atoms with Crippen molar-refractivity contribution in [2.45, 2.75) is 26.7 Å². The van der Waals surface area contributed by atoms with Gasteiger partial charge in [-0.3, -0.25) is 0 Å². The summed E-state index contributed by atoms with van der Waals surface area (Å²) in [7, 11) is 0. The number of hydrogen-bond acceptors (Lipinski definition) is 1. The lowest BCUT2D eigenvalue weighted by molar-refractivity contribution is 0.866. The Morgan fingerprint density at radius 3 is 1.31 bits per heavy atom. The van der Waals surface area contributed by atoms with Gasteiger partial charge in [0.2, 0.25) is 0 Å². The predicted octanol–water partition coefficient (Wildman–Crippen LogP) is 14.0. The van der Waals surface area contributed by atoms with Crippen LogP contribution in [-0.2, 0) is 0 Å². The highest BCUT2D eigenvalue weighted by atomic mass is 15.1. The third kappa shape index (κ3) is 4.61. The largest absolute Gasteiger partial charge is 0.309 e. The highest BCUT2D eigenvalue weighted by Crippen LogP contribution is 2.51. The summed E-state index contributed by atoms with van der Waals surface area (Å²) < 4.78 is 0. The molecule has 0 atom stereocenters. The summed E-state index contributed by atoms with van der Waals surface area (Å²) in [6.45, 7) is 6.78. The van der Waals surface area contributed by atoms with Crippen LogP contribution in [0.1, 0.15) is 30.9 Å². The molecule has 0 radical (unpaired) electrons. The fourth-order valence-corrected chi connectivity index (χ4v) is 8.03. The molecule has 0 aromatic heterocycles. The lowest BCUT2D eigenvalue weighted by atomic mass is 9.84. The summed E-state index contributed by atoms with van der Waals surface area (Å²) in [4.78, 5) is 2.51. The zero-order valence-electron chi connectivity index (χ0n) is 28.1. The van der Waals surface area contributed by atoms with Crippen LogP contribution in [0, 0.1) is 6.92 Å². The van der Waals surface area contributed by atoms with Crippen molar-refractivity contribution in [3.63, 3.8) is 0 Å². The molecule has 0 heterocycles. The van der Waals surface area contributed by atoms with Crippen LogP contribution in [0.15, 0.2) is 164 Å². The Bertz CT molecular complexity index is 2580. The molecule has 0 bridgehead atoms. The number of anilines is 3. The van der Waals surface area contributed by atoms with Crippen molar-refractivity contribution in [1.82, 2.24) is 0 Å². The second-order valence-corrected chi connectivity index (χ2v) is 13.5. The maximum absolute atomic E-state index is 2.51. The van der Waals surface area contributed by atoms with Crippen LogP contribution in [0.2, 0.25) is 0 Å². The lowest BCUT2D eigenvalue weighted by Crippen LogP contribution is -2.12. The molecule has 0 saturated heterocycles. The molecule has 1 nitrogen and oxygen atoms in total. The second kappa shape index (κ2) is 11.6. The number of rotatable bonds is 5. The molecule has 9 aromatic carbocycles.